The van der Waals surface area contributed by atoms with Gasteiger partial charge >= 0.3 is 0 Å². The summed E-state index contributed by atoms with van der Waals surface area (Å²) in [5.74, 6) is 3.41. The Labute approximate surface area is 176 Å². The standard InChI is InChI=1S/C27H36O2/c1-2-3-20-4-6-21(7-5-20)22-16-18-27(19-17-22,23-8-12-25(28)13-9-23)24-10-14-26(29)15-11-24/h8-15,20-22,28-29H,2-7,16-19H2,1H3. The summed E-state index contributed by atoms with van der Waals surface area (Å²) in [5, 5.41) is 19.6. The molecule has 2 saturated carbocycles. The predicted octanol–water partition coefficient (Wildman–Crippen LogP) is 7.18. The maximum Gasteiger partial charge on any atom is 0.115 e. The number of phenols is 2. The third-order valence-corrected chi connectivity index (χ3v) is 7.98. The Morgan fingerprint density at radius 3 is 1.59 bits per heavy atom. The molecule has 0 heterocycles. The normalized spacial score (nSPS) is 25.0. The van der Waals surface area contributed by atoms with Crippen molar-refractivity contribution in [1.29, 1.82) is 0 Å². The van der Waals surface area contributed by atoms with Crippen LogP contribution >= 0.6 is 0 Å². The average Bonchev–Trinajstić information content (AvgIpc) is 2.76. The first-order valence-corrected chi connectivity index (χ1v) is 11.7. The molecule has 2 nitrogen and oxygen atoms in total. The van der Waals surface area contributed by atoms with E-state index in [0.29, 0.717) is 11.5 Å². The van der Waals surface area contributed by atoms with Crippen molar-refractivity contribution < 1.29 is 10.2 Å². The second-order valence-electron chi connectivity index (χ2n) is 9.58. The lowest BCUT2D eigenvalue weighted by molar-refractivity contribution is 0.141. The quantitative estimate of drug-likeness (QED) is 0.566. The maximum atomic E-state index is 9.78. The van der Waals surface area contributed by atoms with E-state index < -0.39 is 0 Å². The van der Waals surface area contributed by atoms with Gasteiger partial charge in [0.1, 0.15) is 11.5 Å². The monoisotopic (exact) mass is 392 g/mol. The molecule has 2 aliphatic carbocycles. The first-order valence-electron chi connectivity index (χ1n) is 11.7. The van der Waals surface area contributed by atoms with Crippen molar-refractivity contribution in [3.05, 3.63) is 59.7 Å². The summed E-state index contributed by atoms with van der Waals surface area (Å²) in [5.41, 5.74) is 2.59. The third kappa shape index (κ3) is 4.32. The molecule has 2 aromatic carbocycles. The number of phenolic OH excluding ortho intramolecular Hbond substituents is 2. The van der Waals surface area contributed by atoms with E-state index in [9.17, 15) is 10.2 Å². The summed E-state index contributed by atoms with van der Waals surface area (Å²) >= 11 is 0. The lowest BCUT2D eigenvalue weighted by Crippen LogP contribution is -2.35. The zero-order valence-electron chi connectivity index (χ0n) is 17.8. The molecule has 0 aliphatic heterocycles. The minimum Gasteiger partial charge on any atom is -0.508 e. The molecule has 0 unspecified atom stereocenters. The third-order valence-electron chi connectivity index (χ3n) is 7.98. The Morgan fingerprint density at radius 2 is 1.14 bits per heavy atom. The molecule has 0 atom stereocenters. The average molecular weight is 393 g/mol. The molecule has 0 saturated heterocycles. The second-order valence-corrected chi connectivity index (χ2v) is 9.58. The van der Waals surface area contributed by atoms with Crippen LogP contribution in [0.25, 0.3) is 0 Å². The Hall–Kier alpha value is -1.96. The highest BCUT2D eigenvalue weighted by Crippen LogP contribution is 2.50. The molecule has 2 aromatic rings. The first kappa shape index (κ1) is 20.3. The van der Waals surface area contributed by atoms with Gasteiger partial charge in [0.15, 0.2) is 0 Å². The van der Waals surface area contributed by atoms with Crippen LogP contribution in [0.3, 0.4) is 0 Å². The van der Waals surface area contributed by atoms with E-state index in [4.69, 9.17) is 0 Å². The molecule has 0 bridgehead atoms. The van der Waals surface area contributed by atoms with E-state index in [2.05, 4.69) is 31.2 Å². The molecule has 0 amide bonds. The number of rotatable bonds is 5. The van der Waals surface area contributed by atoms with Gasteiger partial charge in [-0.15, -0.1) is 0 Å². The van der Waals surface area contributed by atoms with Crippen LogP contribution in [-0.2, 0) is 5.41 Å². The fourth-order valence-corrected chi connectivity index (χ4v) is 6.27. The van der Waals surface area contributed by atoms with Crippen LogP contribution in [0.1, 0.15) is 82.3 Å². The van der Waals surface area contributed by atoms with Gasteiger partial charge in [-0.3, -0.25) is 0 Å². The zero-order chi connectivity index (χ0) is 20.3. The lowest BCUT2D eigenvalue weighted by atomic mass is 9.60. The Kier molecular flexibility index (Phi) is 6.18. The van der Waals surface area contributed by atoms with Crippen molar-refractivity contribution in [2.24, 2.45) is 17.8 Å². The zero-order valence-corrected chi connectivity index (χ0v) is 17.8. The summed E-state index contributed by atoms with van der Waals surface area (Å²) in [6, 6.07) is 15.7. The van der Waals surface area contributed by atoms with Gasteiger partial charge in [0, 0.05) is 5.41 Å². The molecule has 29 heavy (non-hydrogen) atoms. The van der Waals surface area contributed by atoms with Gasteiger partial charge in [0.2, 0.25) is 0 Å². The summed E-state index contributed by atoms with van der Waals surface area (Å²) in [4.78, 5) is 0. The van der Waals surface area contributed by atoms with Crippen molar-refractivity contribution in [2.45, 2.75) is 76.5 Å². The fourth-order valence-electron chi connectivity index (χ4n) is 6.27. The van der Waals surface area contributed by atoms with Crippen LogP contribution < -0.4 is 0 Å². The summed E-state index contributed by atoms with van der Waals surface area (Å²) in [6.45, 7) is 2.32. The van der Waals surface area contributed by atoms with Gasteiger partial charge in [-0.05, 0) is 91.7 Å². The smallest absolute Gasteiger partial charge is 0.115 e. The highest BCUT2D eigenvalue weighted by Gasteiger charge is 2.40. The first-order chi connectivity index (χ1) is 14.1. The summed E-state index contributed by atoms with van der Waals surface area (Å²) in [7, 11) is 0. The lowest BCUT2D eigenvalue weighted by Gasteiger charge is -2.44. The number of hydrogen-bond donors (Lipinski definition) is 2. The summed E-state index contributed by atoms with van der Waals surface area (Å²) < 4.78 is 0. The van der Waals surface area contributed by atoms with Gasteiger partial charge in [0.25, 0.3) is 0 Å². The van der Waals surface area contributed by atoms with Crippen molar-refractivity contribution in [1.82, 2.24) is 0 Å². The molecule has 2 N–H and O–H groups in total. The van der Waals surface area contributed by atoms with Crippen LogP contribution in [0, 0.1) is 17.8 Å². The van der Waals surface area contributed by atoms with Gasteiger partial charge in [-0.25, -0.2) is 0 Å². The van der Waals surface area contributed by atoms with Gasteiger partial charge < -0.3 is 10.2 Å². The van der Waals surface area contributed by atoms with Crippen LogP contribution in [0.5, 0.6) is 11.5 Å². The van der Waals surface area contributed by atoms with Gasteiger partial charge in [0.05, 0.1) is 0 Å². The van der Waals surface area contributed by atoms with E-state index in [0.717, 1.165) is 30.6 Å². The molecule has 2 fully saturated rings. The molecule has 0 aromatic heterocycles. The van der Waals surface area contributed by atoms with Crippen LogP contribution in [0.15, 0.2) is 48.5 Å². The molecule has 156 valence electrons. The molecule has 2 aliphatic rings. The molecule has 2 heteroatoms. The van der Waals surface area contributed by atoms with E-state index in [1.165, 1.54) is 62.5 Å². The van der Waals surface area contributed by atoms with Gasteiger partial charge in [-0.2, -0.15) is 0 Å². The Balaban J connectivity index is 1.51. The van der Waals surface area contributed by atoms with E-state index >= 15 is 0 Å². The highest BCUT2D eigenvalue weighted by molar-refractivity contribution is 5.43. The molecule has 0 radical (unpaired) electrons. The van der Waals surface area contributed by atoms with Crippen molar-refractivity contribution in [2.75, 3.05) is 0 Å². The van der Waals surface area contributed by atoms with E-state index in [1.54, 1.807) is 0 Å². The topological polar surface area (TPSA) is 40.5 Å². The fraction of sp³-hybridized carbons (Fsp3) is 0.556. The van der Waals surface area contributed by atoms with Crippen molar-refractivity contribution in [3.63, 3.8) is 0 Å². The van der Waals surface area contributed by atoms with Gasteiger partial charge in [-0.1, -0.05) is 56.9 Å². The molecule has 4 rings (SSSR count). The second kappa shape index (κ2) is 8.81. The van der Waals surface area contributed by atoms with Crippen LogP contribution in [0.4, 0.5) is 0 Å². The Bertz CT molecular complexity index is 714. The van der Waals surface area contributed by atoms with E-state index in [-0.39, 0.29) is 5.41 Å². The number of hydrogen-bond acceptors (Lipinski definition) is 2. The largest absolute Gasteiger partial charge is 0.508 e. The minimum absolute atomic E-state index is 0.00267. The molecule has 0 spiro atoms. The van der Waals surface area contributed by atoms with Crippen LogP contribution in [-0.4, -0.2) is 10.2 Å². The Morgan fingerprint density at radius 1 is 0.690 bits per heavy atom. The number of benzene rings is 2. The molecular weight excluding hydrogens is 356 g/mol. The number of aromatic hydroxyl groups is 2. The SMILES string of the molecule is CCCC1CCC(C2CCC(c3ccc(O)cc3)(c3ccc(O)cc3)CC2)CC1. The highest BCUT2D eigenvalue weighted by atomic mass is 16.3. The minimum atomic E-state index is -0.00267. The van der Waals surface area contributed by atoms with Crippen LogP contribution in [0.2, 0.25) is 0 Å². The summed E-state index contributed by atoms with van der Waals surface area (Å²) in [6.07, 6.45) is 13.4. The maximum absolute atomic E-state index is 9.78. The van der Waals surface area contributed by atoms with Crippen molar-refractivity contribution in [3.8, 4) is 11.5 Å². The molecular formula is C27H36O2. The predicted molar refractivity (Wildman–Crippen MR) is 119 cm³/mol. The van der Waals surface area contributed by atoms with E-state index in [1.807, 2.05) is 24.3 Å². The van der Waals surface area contributed by atoms with Crippen molar-refractivity contribution >= 4 is 0 Å².